The lowest BCUT2D eigenvalue weighted by atomic mass is 10.2. The summed E-state index contributed by atoms with van der Waals surface area (Å²) in [6.45, 7) is 2.46. The Balaban J connectivity index is 1.61. The third kappa shape index (κ3) is 3.32. The highest BCUT2D eigenvalue weighted by atomic mass is 35.5. The molecular formula is C16H16ClN3O3. The molecule has 120 valence electrons. The van der Waals surface area contributed by atoms with E-state index in [9.17, 15) is 4.79 Å². The van der Waals surface area contributed by atoms with E-state index in [4.69, 9.17) is 21.1 Å². The zero-order valence-electron chi connectivity index (χ0n) is 12.8. The topological polar surface area (TPSA) is 65.4 Å². The van der Waals surface area contributed by atoms with Crippen LogP contribution in [0.15, 0.2) is 24.4 Å². The zero-order valence-corrected chi connectivity index (χ0v) is 13.6. The van der Waals surface area contributed by atoms with Crippen molar-refractivity contribution in [3.63, 3.8) is 0 Å². The summed E-state index contributed by atoms with van der Waals surface area (Å²) >= 11 is 6.11. The van der Waals surface area contributed by atoms with Gasteiger partial charge in [-0.15, -0.1) is 0 Å². The predicted octanol–water partition coefficient (Wildman–Crippen LogP) is 2.44. The van der Waals surface area contributed by atoms with E-state index in [1.807, 2.05) is 20.0 Å². The molecule has 0 spiro atoms. The minimum Gasteiger partial charge on any atom is -0.454 e. The first-order chi connectivity index (χ1) is 11.0. The van der Waals surface area contributed by atoms with Gasteiger partial charge >= 0.3 is 0 Å². The Bertz CT molecular complexity index is 783. The Morgan fingerprint density at radius 1 is 1.48 bits per heavy atom. The largest absolute Gasteiger partial charge is 0.454 e. The molecule has 1 aliphatic rings. The van der Waals surface area contributed by atoms with Crippen molar-refractivity contribution in [1.29, 1.82) is 0 Å². The van der Waals surface area contributed by atoms with E-state index in [1.54, 1.807) is 23.0 Å². The molecule has 0 bridgehead atoms. The van der Waals surface area contributed by atoms with Crippen LogP contribution in [0.1, 0.15) is 16.8 Å². The third-order valence-corrected chi connectivity index (χ3v) is 3.92. The Hall–Kier alpha value is -2.47. The molecule has 1 N–H and O–H groups in total. The summed E-state index contributed by atoms with van der Waals surface area (Å²) in [5.74, 6) is 0.957. The van der Waals surface area contributed by atoms with Crippen LogP contribution in [0, 0.1) is 6.92 Å². The van der Waals surface area contributed by atoms with E-state index in [0.29, 0.717) is 23.1 Å². The number of aryl methyl sites for hydroxylation is 1. The summed E-state index contributed by atoms with van der Waals surface area (Å²) in [4.78, 5) is 11.9. The van der Waals surface area contributed by atoms with Crippen LogP contribution in [-0.4, -0.2) is 22.5 Å². The van der Waals surface area contributed by atoms with Crippen molar-refractivity contribution in [3.05, 3.63) is 46.2 Å². The minimum absolute atomic E-state index is 0.165. The SMILES string of the molecule is Cc1c(C=CC(=O)NCc2cc(Cl)c3c(c2)OCO3)cnn1C. The summed E-state index contributed by atoms with van der Waals surface area (Å²) in [6.07, 6.45) is 4.94. The van der Waals surface area contributed by atoms with Gasteiger partial charge in [-0.1, -0.05) is 11.6 Å². The second-order valence-electron chi connectivity index (χ2n) is 5.17. The van der Waals surface area contributed by atoms with Gasteiger partial charge < -0.3 is 14.8 Å². The van der Waals surface area contributed by atoms with Crippen LogP contribution in [0.4, 0.5) is 0 Å². The van der Waals surface area contributed by atoms with E-state index < -0.39 is 0 Å². The van der Waals surface area contributed by atoms with Crippen LogP contribution in [0.3, 0.4) is 0 Å². The highest BCUT2D eigenvalue weighted by Crippen LogP contribution is 2.39. The summed E-state index contributed by atoms with van der Waals surface area (Å²) < 4.78 is 12.3. The maximum atomic E-state index is 11.9. The molecule has 7 heteroatoms. The van der Waals surface area contributed by atoms with Gasteiger partial charge in [0.1, 0.15) is 0 Å². The number of benzene rings is 1. The number of fused-ring (bicyclic) bond motifs is 1. The van der Waals surface area contributed by atoms with Gasteiger partial charge in [0.15, 0.2) is 11.5 Å². The number of nitrogens with zero attached hydrogens (tertiary/aromatic N) is 2. The first-order valence-electron chi connectivity index (χ1n) is 7.07. The lowest BCUT2D eigenvalue weighted by Crippen LogP contribution is -2.20. The summed E-state index contributed by atoms with van der Waals surface area (Å²) in [6, 6.07) is 3.56. The molecule has 23 heavy (non-hydrogen) atoms. The number of carbonyl (C=O) groups excluding carboxylic acids is 1. The molecule has 0 aliphatic carbocycles. The number of carbonyl (C=O) groups is 1. The Morgan fingerprint density at radius 2 is 2.30 bits per heavy atom. The number of nitrogens with one attached hydrogen (secondary N) is 1. The molecule has 0 unspecified atom stereocenters. The van der Waals surface area contributed by atoms with E-state index in [1.165, 1.54) is 6.08 Å². The highest BCUT2D eigenvalue weighted by Gasteiger charge is 2.18. The molecule has 1 aromatic carbocycles. The van der Waals surface area contributed by atoms with Gasteiger partial charge in [0.2, 0.25) is 12.7 Å². The summed E-state index contributed by atoms with van der Waals surface area (Å²) in [7, 11) is 1.86. The standard InChI is InChI=1S/C16H16ClN3O3/c1-10-12(8-19-20(10)2)3-4-15(21)18-7-11-5-13(17)16-14(6-11)22-9-23-16/h3-6,8H,7,9H2,1-2H3,(H,18,21). The fourth-order valence-electron chi connectivity index (χ4n) is 2.22. The Morgan fingerprint density at radius 3 is 3.04 bits per heavy atom. The number of halogens is 1. The van der Waals surface area contributed by atoms with Crippen LogP contribution >= 0.6 is 11.6 Å². The average Bonchev–Trinajstić information content (AvgIpc) is 3.12. The van der Waals surface area contributed by atoms with Crippen molar-refractivity contribution in [2.24, 2.45) is 7.05 Å². The van der Waals surface area contributed by atoms with Crippen LogP contribution in [0.25, 0.3) is 6.08 Å². The molecule has 0 radical (unpaired) electrons. The lowest BCUT2D eigenvalue weighted by molar-refractivity contribution is -0.116. The number of hydrogen-bond acceptors (Lipinski definition) is 4. The monoisotopic (exact) mass is 333 g/mol. The van der Waals surface area contributed by atoms with Gasteiger partial charge in [-0.3, -0.25) is 9.48 Å². The fraction of sp³-hybridized carbons (Fsp3) is 0.250. The number of rotatable bonds is 4. The molecular weight excluding hydrogens is 318 g/mol. The maximum absolute atomic E-state index is 11.9. The molecule has 0 saturated carbocycles. The molecule has 0 saturated heterocycles. The van der Waals surface area contributed by atoms with E-state index in [-0.39, 0.29) is 12.7 Å². The van der Waals surface area contributed by atoms with Crippen molar-refractivity contribution in [2.45, 2.75) is 13.5 Å². The van der Waals surface area contributed by atoms with Crippen molar-refractivity contribution in [3.8, 4) is 11.5 Å². The maximum Gasteiger partial charge on any atom is 0.244 e. The van der Waals surface area contributed by atoms with Gasteiger partial charge in [0.25, 0.3) is 0 Å². The third-order valence-electron chi connectivity index (χ3n) is 3.64. The molecule has 1 aliphatic heterocycles. The summed E-state index contributed by atoms with van der Waals surface area (Å²) in [5.41, 5.74) is 2.75. The molecule has 0 atom stereocenters. The quantitative estimate of drug-likeness (QED) is 0.873. The van der Waals surface area contributed by atoms with Crippen LogP contribution in [0.5, 0.6) is 11.5 Å². The highest BCUT2D eigenvalue weighted by molar-refractivity contribution is 6.32. The molecule has 2 aromatic rings. The van der Waals surface area contributed by atoms with Gasteiger partial charge in [-0.05, 0) is 30.7 Å². The smallest absolute Gasteiger partial charge is 0.244 e. The Kier molecular flexibility index (Phi) is 4.25. The molecule has 1 amide bonds. The van der Waals surface area contributed by atoms with Crippen molar-refractivity contribution in [2.75, 3.05) is 6.79 Å². The van der Waals surface area contributed by atoms with E-state index >= 15 is 0 Å². The van der Waals surface area contributed by atoms with E-state index in [2.05, 4.69) is 10.4 Å². The van der Waals surface area contributed by atoms with Gasteiger partial charge in [0.05, 0.1) is 11.2 Å². The van der Waals surface area contributed by atoms with Crippen LogP contribution in [0.2, 0.25) is 5.02 Å². The predicted molar refractivity (Wildman–Crippen MR) is 86.4 cm³/mol. The number of amides is 1. The molecule has 6 nitrogen and oxygen atoms in total. The van der Waals surface area contributed by atoms with Gasteiger partial charge in [-0.25, -0.2) is 0 Å². The minimum atomic E-state index is -0.193. The molecule has 0 fully saturated rings. The first-order valence-corrected chi connectivity index (χ1v) is 7.45. The Labute approximate surface area is 138 Å². The number of aromatic nitrogens is 2. The number of hydrogen-bond donors (Lipinski definition) is 1. The normalized spacial score (nSPS) is 12.8. The summed E-state index contributed by atoms with van der Waals surface area (Å²) in [5, 5.41) is 7.41. The van der Waals surface area contributed by atoms with Crippen LogP contribution in [-0.2, 0) is 18.4 Å². The fourth-order valence-corrected chi connectivity index (χ4v) is 2.50. The van der Waals surface area contributed by atoms with E-state index in [0.717, 1.165) is 16.8 Å². The van der Waals surface area contributed by atoms with Gasteiger partial charge in [0, 0.05) is 30.9 Å². The first kappa shape index (κ1) is 15.4. The molecule has 2 heterocycles. The second-order valence-corrected chi connectivity index (χ2v) is 5.58. The average molecular weight is 334 g/mol. The molecule has 3 rings (SSSR count). The van der Waals surface area contributed by atoms with Gasteiger partial charge in [-0.2, -0.15) is 5.10 Å². The van der Waals surface area contributed by atoms with Crippen molar-refractivity contribution in [1.82, 2.24) is 15.1 Å². The van der Waals surface area contributed by atoms with Crippen molar-refractivity contribution < 1.29 is 14.3 Å². The zero-order chi connectivity index (χ0) is 16.4. The second kappa shape index (κ2) is 6.34. The molecule has 1 aromatic heterocycles. The number of ether oxygens (including phenoxy) is 2. The van der Waals surface area contributed by atoms with Crippen LogP contribution < -0.4 is 14.8 Å². The van der Waals surface area contributed by atoms with Crippen molar-refractivity contribution >= 4 is 23.6 Å². The lowest BCUT2D eigenvalue weighted by Gasteiger charge is -2.05.